The molecule has 0 aromatic heterocycles. The molecule has 1 aliphatic rings. The van der Waals surface area contributed by atoms with Crippen LogP contribution >= 0.6 is 12.4 Å². The zero-order valence-electron chi connectivity index (χ0n) is 10.5. The number of halogens is 2. The molecule has 0 spiro atoms. The van der Waals surface area contributed by atoms with E-state index in [4.69, 9.17) is 5.73 Å². The van der Waals surface area contributed by atoms with E-state index < -0.39 is 12.1 Å². The van der Waals surface area contributed by atoms with E-state index in [1.807, 2.05) is 0 Å². The van der Waals surface area contributed by atoms with E-state index in [1.165, 1.54) is 12.1 Å². The van der Waals surface area contributed by atoms with Crippen molar-refractivity contribution in [2.75, 3.05) is 13.1 Å². The van der Waals surface area contributed by atoms with E-state index in [-0.39, 0.29) is 24.1 Å². The Balaban J connectivity index is 0.00000180. The van der Waals surface area contributed by atoms with Crippen LogP contribution in [0.5, 0.6) is 0 Å². The van der Waals surface area contributed by atoms with Gasteiger partial charge in [0.15, 0.2) is 0 Å². The number of nitrogens with zero attached hydrogens (tertiary/aromatic N) is 1. The van der Waals surface area contributed by atoms with Gasteiger partial charge < -0.3 is 15.7 Å². The molecule has 19 heavy (non-hydrogen) atoms. The molecule has 6 heteroatoms. The van der Waals surface area contributed by atoms with Gasteiger partial charge in [-0.05, 0) is 30.5 Å². The highest BCUT2D eigenvalue weighted by molar-refractivity contribution is 5.85. The first-order valence-corrected chi connectivity index (χ1v) is 6.03. The summed E-state index contributed by atoms with van der Waals surface area (Å²) in [5.41, 5.74) is 6.68. The van der Waals surface area contributed by atoms with Crippen LogP contribution in [0.2, 0.25) is 0 Å². The number of hydrogen-bond acceptors (Lipinski definition) is 3. The molecular weight excluding hydrogens is 271 g/mol. The van der Waals surface area contributed by atoms with E-state index in [0.717, 1.165) is 5.56 Å². The van der Waals surface area contributed by atoms with E-state index in [2.05, 4.69) is 0 Å². The van der Waals surface area contributed by atoms with Crippen LogP contribution in [0.25, 0.3) is 0 Å². The first-order valence-electron chi connectivity index (χ1n) is 6.03. The first-order chi connectivity index (χ1) is 8.56. The number of nitrogens with two attached hydrogens (primary N) is 1. The molecule has 106 valence electrons. The Hall–Kier alpha value is -1.17. The molecule has 1 aromatic carbocycles. The fourth-order valence-corrected chi connectivity index (χ4v) is 2.14. The lowest BCUT2D eigenvalue weighted by atomic mass is 10.1. The van der Waals surface area contributed by atoms with Crippen molar-refractivity contribution < 1.29 is 14.3 Å². The summed E-state index contributed by atoms with van der Waals surface area (Å²) in [6.07, 6.45) is 0.549. The molecule has 0 unspecified atom stereocenters. The minimum absolute atomic E-state index is 0. The van der Waals surface area contributed by atoms with E-state index in [9.17, 15) is 14.3 Å². The second-order valence-electron chi connectivity index (χ2n) is 4.66. The summed E-state index contributed by atoms with van der Waals surface area (Å²) in [7, 11) is 0. The fraction of sp³-hybridized carbons (Fsp3) is 0.462. The summed E-state index contributed by atoms with van der Waals surface area (Å²) >= 11 is 0. The molecule has 0 radical (unpaired) electrons. The molecule has 1 aliphatic heterocycles. The molecule has 1 amide bonds. The Morgan fingerprint density at radius 2 is 2.11 bits per heavy atom. The van der Waals surface area contributed by atoms with Gasteiger partial charge in [0.05, 0.1) is 12.1 Å². The Morgan fingerprint density at radius 1 is 1.47 bits per heavy atom. The van der Waals surface area contributed by atoms with E-state index in [1.54, 1.807) is 17.0 Å². The number of amides is 1. The SMILES string of the molecule is Cl.N[C@@H](Cc1ccc(F)cc1)C(=O)N1CC[C@H](O)C1. The lowest BCUT2D eigenvalue weighted by Crippen LogP contribution is -2.44. The standard InChI is InChI=1S/C13H17FN2O2.ClH/c14-10-3-1-9(2-4-10)7-12(15)13(18)16-6-5-11(17)8-16;/h1-4,11-12,17H,5-8,15H2;1H/t11-,12-;/m0./s1. The van der Waals surface area contributed by atoms with Gasteiger partial charge >= 0.3 is 0 Å². The zero-order chi connectivity index (χ0) is 13.1. The first kappa shape index (κ1) is 15.9. The van der Waals surface area contributed by atoms with Crippen molar-refractivity contribution in [2.24, 2.45) is 5.73 Å². The van der Waals surface area contributed by atoms with Gasteiger partial charge in [0.1, 0.15) is 5.82 Å². The quantitative estimate of drug-likeness (QED) is 0.861. The summed E-state index contributed by atoms with van der Waals surface area (Å²) < 4.78 is 12.7. The fourth-order valence-electron chi connectivity index (χ4n) is 2.14. The van der Waals surface area contributed by atoms with Gasteiger partial charge in [-0.1, -0.05) is 12.1 Å². The smallest absolute Gasteiger partial charge is 0.239 e. The third-order valence-corrected chi connectivity index (χ3v) is 3.16. The van der Waals surface area contributed by atoms with Crippen LogP contribution in [-0.2, 0) is 11.2 Å². The normalized spacial score (nSPS) is 19.9. The molecule has 0 aliphatic carbocycles. The maximum absolute atomic E-state index is 12.7. The second kappa shape index (κ2) is 6.84. The third kappa shape index (κ3) is 4.16. The largest absolute Gasteiger partial charge is 0.391 e. The van der Waals surface area contributed by atoms with E-state index in [0.29, 0.717) is 25.9 Å². The Morgan fingerprint density at radius 3 is 2.63 bits per heavy atom. The highest BCUT2D eigenvalue weighted by Crippen LogP contribution is 2.12. The predicted molar refractivity (Wildman–Crippen MR) is 72.5 cm³/mol. The van der Waals surface area contributed by atoms with Gasteiger partial charge in [-0.3, -0.25) is 4.79 Å². The lowest BCUT2D eigenvalue weighted by Gasteiger charge is -2.20. The van der Waals surface area contributed by atoms with Gasteiger partial charge in [0.2, 0.25) is 5.91 Å². The maximum atomic E-state index is 12.7. The zero-order valence-corrected chi connectivity index (χ0v) is 11.3. The van der Waals surface area contributed by atoms with Crippen molar-refractivity contribution in [3.63, 3.8) is 0 Å². The van der Waals surface area contributed by atoms with E-state index >= 15 is 0 Å². The molecule has 0 bridgehead atoms. The molecule has 4 nitrogen and oxygen atoms in total. The van der Waals surface area contributed by atoms with Crippen LogP contribution in [0.15, 0.2) is 24.3 Å². The number of hydrogen-bond donors (Lipinski definition) is 2. The van der Waals surface area contributed by atoms with Crippen LogP contribution in [0.4, 0.5) is 4.39 Å². The van der Waals surface area contributed by atoms with Gasteiger partial charge in [0, 0.05) is 13.1 Å². The van der Waals surface area contributed by atoms with Crippen molar-refractivity contribution in [1.82, 2.24) is 4.90 Å². The highest BCUT2D eigenvalue weighted by atomic mass is 35.5. The minimum Gasteiger partial charge on any atom is -0.391 e. The van der Waals surface area contributed by atoms with Crippen LogP contribution in [0.1, 0.15) is 12.0 Å². The molecule has 2 atom stereocenters. The third-order valence-electron chi connectivity index (χ3n) is 3.16. The lowest BCUT2D eigenvalue weighted by molar-refractivity contribution is -0.131. The van der Waals surface area contributed by atoms with Gasteiger partial charge in [-0.15, -0.1) is 12.4 Å². The van der Waals surface area contributed by atoms with Crippen LogP contribution in [0, 0.1) is 5.82 Å². The average molecular weight is 289 g/mol. The Labute approximate surface area is 117 Å². The van der Waals surface area contributed by atoms with Gasteiger partial charge in [0.25, 0.3) is 0 Å². The van der Waals surface area contributed by atoms with Crippen molar-refractivity contribution in [3.8, 4) is 0 Å². The molecule has 1 fully saturated rings. The molecular formula is C13H18ClFN2O2. The number of aliphatic hydroxyl groups excluding tert-OH is 1. The van der Waals surface area contributed by atoms with Gasteiger partial charge in [-0.2, -0.15) is 0 Å². The number of carbonyl (C=O) groups excluding carboxylic acids is 1. The van der Waals surface area contributed by atoms with Crippen molar-refractivity contribution in [1.29, 1.82) is 0 Å². The molecule has 1 heterocycles. The number of rotatable bonds is 3. The van der Waals surface area contributed by atoms with Crippen LogP contribution < -0.4 is 5.73 Å². The Kier molecular flexibility index (Phi) is 5.72. The number of aliphatic hydroxyl groups is 1. The summed E-state index contributed by atoms with van der Waals surface area (Å²) in [4.78, 5) is 13.6. The summed E-state index contributed by atoms with van der Waals surface area (Å²) in [6.45, 7) is 0.910. The molecule has 0 saturated carbocycles. The minimum atomic E-state index is -0.638. The molecule has 1 aromatic rings. The highest BCUT2D eigenvalue weighted by Gasteiger charge is 2.28. The second-order valence-corrected chi connectivity index (χ2v) is 4.66. The van der Waals surface area contributed by atoms with Crippen molar-refractivity contribution in [3.05, 3.63) is 35.6 Å². The van der Waals surface area contributed by atoms with Crippen molar-refractivity contribution >= 4 is 18.3 Å². The molecule has 1 saturated heterocycles. The monoisotopic (exact) mass is 288 g/mol. The number of likely N-dealkylation sites (tertiary alicyclic amines) is 1. The molecule has 3 N–H and O–H groups in total. The summed E-state index contributed by atoms with van der Waals surface area (Å²) in [6, 6.07) is 5.32. The molecule has 2 rings (SSSR count). The Bertz CT molecular complexity index is 427. The number of carbonyl (C=O) groups is 1. The average Bonchev–Trinajstić information content (AvgIpc) is 2.78. The van der Waals surface area contributed by atoms with Crippen molar-refractivity contribution in [2.45, 2.75) is 25.0 Å². The van der Waals surface area contributed by atoms with Crippen LogP contribution in [0.3, 0.4) is 0 Å². The maximum Gasteiger partial charge on any atom is 0.239 e. The van der Waals surface area contributed by atoms with Gasteiger partial charge in [-0.25, -0.2) is 4.39 Å². The summed E-state index contributed by atoms with van der Waals surface area (Å²) in [5, 5.41) is 9.37. The summed E-state index contributed by atoms with van der Waals surface area (Å²) in [5.74, 6) is -0.461. The van der Waals surface area contributed by atoms with Crippen LogP contribution in [-0.4, -0.2) is 41.1 Å². The topological polar surface area (TPSA) is 66.6 Å². The predicted octanol–water partition coefficient (Wildman–Crippen LogP) is 0.710. The number of benzene rings is 1. The number of β-amino-alcohol motifs (C(OH)–C–C–N with tert-alkyl or cyclic N) is 1.